The van der Waals surface area contributed by atoms with Crippen molar-refractivity contribution in [2.75, 3.05) is 12.1 Å². The number of alkyl halides is 1. The molecule has 0 aliphatic carbocycles. The molecule has 0 aliphatic heterocycles. The third kappa shape index (κ3) is 5.13. The normalized spacial score (nSPS) is 13.2. The standard InChI is InChI=1S/C14H20ClNO3S/c1-10(2)7-12(9-15)16-14(17)11-5-4-6-13(8-11)20(3,18)19/h4-6,8,10,12H,7,9H2,1-3H3,(H,16,17). The molecule has 1 aromatic carbocycles. The number of amides is 1. The minimum atomic E-state index is -3.32. The van der Waals surface area contributed by atoms with Crippen LogP contribution in [0.15, 0.2) is 29.2 Å². The summed E-state index contributed by atoms with van der Waals surface area (Å²) in [5.74, 6) is 0.443. The van der Waals surface area contributed by atoms with Crippen LogP contribution < -0.4 is 5.32 Å². The van der Waals surface area contributed by atoms with Gasteiger partial charge in [-0.3, -0.25) is 4.79 Å². The fourth-order valence-corrected chi connectivity index (χ4v) is 2.74. The lowest BCUT2D eigenvalue weighted by Gasteiger charge is -2.18. The van der Waals surface area contributed by atoms with E-state index in [1.165, 1.54) is 12.1 Å². The summed E-state index contributed by atoms with van der Waals surface area (Å²) in [7, 11) is -3.32. The molecule has 6 heteroatoms. The Bertz CT molecular complexity index is 570. The third-order valence-corrected chi connectivity index (χ3v) is 4.28. The lowest BCUT2D eigenvalue weighted by molar-refractivity contribution is 0.0936. The molecular formula is C14H20ClNO3S. The van der Waals surface area contributed by atoms with Crippen molar-refractivity contribution < 1.29 is 13.2 Å². The molecule has 1 aromatic rings. The van der Waals surface area contributed by atoms with Crippen LogP contribution in [0.1, 0.15) is 30.6 Å². The molecule has 0 heterocycles. The van der Waals surface area contributed by atoms with E-state index < -0.39 is 9.84 Å². The molecule has 0 saturated carbocycles. The lowest BCUT2D eigenvalue weighted by Crippen LogP contribution is -2.37. The molecule has 0 saturated heterocycles. The van der Waals surface area contributed by atoms with Gasteiger partial charge in [0.2, 0.25) is 0 Å². The van der Waals surface area contributed by atoms with Crippen molar-refractivity contribution in [1.82, 2.24) is 5.32 Å². The summed E-state index contributed by atoms with van der Waals surface area (Å²) >= 11 is 5.84. The van der Waals surface area contributed by atoms with E-state index in [-0.39, 0.29) is 16.8 Å². The number of sulfone groups is 1. The first-order valence-electron chi connectivity index (χ1n) is 6.41. The first-order chi connectivity index (χ1) is 9.24. The Morgan fingerprint density at radius 1 is 1.35 bits per heavy atom. The molecule has 0 radical (unpaired) electrons. The monoisotopic (exact) mass is 317 g/mol. The Hall–Kier alpha value is -1.07. The second-order valence-corrected chi connectivity index (χ2v) is 7.58. The minimum absolute atomic E-state index is 0.119. The van der Waals surface area contributed by atoms with Crippen molar-refractivity contribution in [3.05, 3.63) is 29.8 Å². The van der Waals surface area contributed by atoms with Crippen LogP contribution in [0.25, 0.3) is 0 Å². The third-order valence-electron chi connectivity index (χ3n) is 2.80. The number of carbonyl (C=O) groups excluding carboxylic acids is 1. The SMILES string of the molecule is CC(C)CC(CCl)NC(=O)c1cccc(S(C)(=O)=O)c1. The molecule has 0 fully saturated rings. The summed E-state index contributed by atoms with van der Waals surface area (Å²) in [6.45, 7) is 4.10. The lowest BCUT2D eigenvalue weighted by atomic mass is 10.0. The van der Waals surface area contributed by atoms with Gasteiger partial charge in [0.25, 0.3) is 5.91 Å². The molecule has 1 amide bonds. The maximum atomic E-state index is 12.1. The number of hydrogen-bond acceptors (Lipinski definition) is 3. The van der Waals surface area contributed by atoms with Crippen LogP contribution in [-0.2, 0) is 9.84 Å². The molecule has 1 atom stereocenters. The van der Waals surface area contributed by atoms with E-state index in [1.807, 2.05) is 0 Å². The summed E-state index contributed by atoms with van der Waals surface area (Å²) in [6.07, 6.45) is 1.89. The fourth-order valence-electron chi connectivity index (χ4n) is 1.87. The van der Waals surface area contributed by atoms with Gasteiger partial charge >= 0.3 is 0 Å². The molecule has 0 bridgehead atoms. The average molecular weight is 318 g/mol. The van der Waals surface area contributed by atoms with Crippen LogP contribution in [0, 0.1) is 5.92 Å². The average Bonchev–Trinajstić information content (AvgIpc) is 2.36. The maximum absolute atomic E-state index is 12.1. The zero-order valence-electron chi connectivity index (χ0n) is 11.9. The van der Waals surface area contributed by atoms with Crippen molar-refractivity contribution in [1.29, 1.82) is 0 Å². The van der Waals surface area contributed by atoms with Crippen molar-refractivity contribution in [3.63, 3.8) is 0 Å². The molecule has 4 nitrogen and oxygen atoms in total. The molecule has 0 aromatic heterocycles. The Balaban J connectivity index is 2.87. The van der Waals surface area contributed by atoms with Crippen LogP contribution in [0.5, 0.6) is 0 Å². The summed E-state index contributed by atoms with van der Waals surface area (Å²) in [5, 5.41) is 2.83. The summed E-state index contributed by atoms with van der Waals surface area (Å²) in [5.41, 5.74) is 0.326. The van der Waals surface area contributed by atoms with Gasteiger partial charge < -0.3 is 5.32 Å². The number of carbonyl (C=O) groups is 1. The van der Waals surface area contributed by atoms with Gasteiger partial charge in [-0.2, -0.15) is 0 Å². The predicted molar refractivity (Wildman–Crippen MR) is 81.0 cm³/mol. The molecule has 0 spiro atoms. The molecule has 20 heavy (non-hydrogen) atoms. The zero-order valence-corrected chi connectivity index (χ0v) is 13.5. The Labute approximate surface area is 125 Å². The number of halogens is 1. The van der Waals surface area contributed by atoms with Crippen LogP contribution in [-0.4, -0.2) is 32.5 Å². The highest BCUT2D eigenvalue weighted by molar-refractivity contribution is 7.90. The first kappa shape index (κ1) is 17.0. The van der Waals surface area contributed by atoms with Crippen molar-refractivity contribution >= 4 is 27.3 Å². The van der Waals surface area contributed by atoms with Gasteiger partial charge in [-0.05, 0) is 30.5 Å². The number of rotatable bonds is 6. The minimum Gasteiger partial charge on any atom is -0.348 e. The van der Waals surface area contributed by atoms with Gasteiger partial charge in [0.1, 0.15) is 0 Å². The van der Waals surface area contributed by atoms with Gasteiger partial charge in [-0.1, -0.05) is 19.9 Å². The second kappa shape index (κ2) is 7.09. The molecular weight excluding hydrogens is 298 g/mol. The summed E-state index contributed by atoms with van der Waals surface area (Å²) in [6, 6.07) is 5.88. The van der Waals surface area contributed by atoms with Gasteiger partial charge in [0.05, 0.1) is 4.90 Å². The molecule has 1 unspecified atom stereocenters. The Morgan fingerprint density at radius 3 is 2.50 bits per heavy atom. The first-order valence-corrected chi connectivity index (χ1v) is 8.83. The predicted octanol–water partition coefficient (Wildman–Crippen LogP) is 2.47. The van der Waals surface area contributed by atoms with E-state index in [9.17, 15) is 13.2 Å². The molecule has 1 N–H and O–H groups in total. The summed E-state index contributed by atoms with van der Waals surface area (Å²) < 4.78 is 23.0. The van der Waals surface area contributed by atoms with Gasteiger partial charge in [0.15, 0.2) is 9.84 Å². The van der Waals surface area contributed by atoms with E-state index in [1.54, 1.807) is 12.1 Å². The largest absolute Gasteiger partial charge is 0.348 e. The highest BCUT2D eigenvalue weighted by Crippen LogP contribution is 2.12. The zero-order chi connectivity index (χ0) is 15.3. The van der Waals surface area contributed by atoms with Crippen LogP contribution in [0.2, 0.25) is 0 Å². The highest BCUT2D eigenvalue weighted by atomic mass is 35.5. The van der Waals surface area contributed by atoms with Gasteiger partial charge in [-0.15, -0.1) is 11.6 Å². The van der Waals surface area contributed by atoms with Crippen LogP contribution in [0.3, 0.4) is 0 Å². The Morgan fingerprint density at radius 2 is 2.00 bits per heavy atom. The van der Waals surface area contributed by atoms with Crippen molar-refractivity contribution in [2.24, 2.45) is 5.92 Å². The second-order valence-electron chi connectivity index (χ2n) is 5.25. The quantitative estimate of drug-likeness (QED) is 0.820. The number of hydrogen-bond donors (Lipinski definition) is 1. The van der Waals surface area contributed by atoms with E-state index in [4.69, 9.17) is 11.6 Å². The topological polar surface area (TPSA) is 63.2 Å². The number of benzene rings is 1. The van der Waals surface area contributed by atoms with E-state index in [0.717, 1.165) is 12.7 Å². The van der Waals surface area contributed by atoms with E-state index >= 15 is 0 Å². The molecule has 112 valence electrons. The molecule has 1 rings (SSSR count). The smallest absolute Gasteiger partial charge is 0.251 e. The fraction of sp³-hybridized carbons (Fsp3) is 0.500. The summed E-state index contributed by atoms with van der Waals surface area (Å²) in [4.78, 5) is 12.2. The Kier molecular flexibility index (Phi) is 6.02. The number of nitrogens with one attached hydrogen (secondary N) is 1. The van der Waals surface area contributed by atoms with E-state index in [2.05, 4.69) is 19.2 Å². The van der Waals surface area contributed by atoms with Gasteiger partial charge in [0, 0.05) is 23.7 Å². The van der Waals surface area contributed by atoms with Crippen molar-refractivity contribution in [2.45, 2.75) is 31.2 Å². The highest BCUT2D eigenvalue weighted by Gasteiger charge is 2.16. The van der Waals surface area contributed by atoms with E-state index in [0.29, 0.717) is 17.4 Å². The van der Waals surface area contributed by atoms with Crippen LogP contribution in [0.4, 0.5) is 0 Å². The van der Waals surface area contributed by atoms with Crippen molar-refractivity contribution in [3.8, 4) is 0 Å². The molecule has 0 aliphatic rings. The van der Waals surface area contributed by atoms with Crippen LogP contribution >= 0.6 is 11.6 Å². The van der Waals surface area contributed by atoms with Gasteiger partial charge in [-0.25, -0.2) is 8.42 Å². The maximum Gasteiger partial charge on any atom is 0.251 e.